The van der Waals surface area contributed by atoms with Crippen LogP contribution in [0, 0.1) is 5.82 Å². The highest BCUT2D eigenvalue weighted by atomic mass is 19.4. The maximum atomic E-state index is 13.2. The summed E-state index contributed by atoms with van der Waals surface area (Å²) in [4.78, 5) is 13.5. The smallest absolute Gasteiger partial charge is 0.417 e. The molecular weight excluding hydrogens is 362 g/mol. The van der Waals surface area contributed by atoms with Gasteiger partial charge >= 0.3 is 11.8 Å². The normalized spacial score (nSPS) is 12.0. The van der Waals surface area contributed by atoms with Crippen LogP contribution in [-0.2, 0) is 12.7 Å². The summed E-state index contributed by atoms with van der Waals surface area (Å²) in [5.74, 6) is -0.345. The first-order valence-electron chi connectivity index (χ1n) is 8.31. The Morgan fingerprint density at radius 1 is 1.04 bits per heavy atom. The van der Waals surface area contributed by atoms with Gasteiger partial charge in [-0.15, -0.1) is 0 Å². The Labute approximate surface area is 152 Å². The summed E-state index contributed by atoms with van der Waals surface area (Å²) < 4.78 is 57.7. The van der Waals surface area contributed by atoms with E-state index in [2.05, 4.69) is 0 Å². The second-order valence-corrected chi connectivity index (χ2v) is 6.51. The van der Waals surface area contributed by atoms with E-state index in [1.165, 1.54) is 24.3 Å². The van der Waals surface area contributed by atoms with Crippen LogP contribution in [0.25, 0.3) is 11.0 Å². The Balaban J connectivity index is 2.06. The Morgan fingerprint density at radius 3 is 2.30 bits per heavy atom. The predicted octanol–water partition coefficient (Wildman–Crippen LogP) is 5.37. The summed E-state index contributed by atoms with van der Waals surface area (Å²) in [5.41, 5.74) is -0.756. The fraction of sp³-hybridized carbons (Fsp3) is 0.250. The fourth-order valence-corrected chi connectivity index (χ4v) is 2.92. The van der Waals surface area contributed by atoms with Gasteiger partial charge in [0.15, 0.2) is 0 Å². The molecule has 0 aliphatic carbocycles. The number of hydrogen-bond donors (Lipinski definition) is 0. The average molecular weight is 379 g/mol. The van der Waals surface area contributed by atoms with E-state index in [9.17, 15) is 22.4 Å². The highest BCUT2D eigenvalue weighted by molar-refractivity contribution is 5.84. The molecule has 3 rings (SSSR count). The van der Waals surface area contributed by atoms with Crippen LogP contribution < -0.4 is 10.5 Å². The molecule has 0 aliphatic heterocycles. The van der Waals surface area contributed by atoms with E-state index in [1.54, 1.807) is 18.2 Å². The van der Waals surface area contributed by atoms with Crippen LogP contribution in [-0.4, -0.2) is 6.04 Å². The van der Waals surface area contributed by atoms with E-state index >= 15 is 0 Å². The summed E-state index contributed by atoms with van der Waals surface area (Å²) in [6, 6.07) is 10.7. The van der Waals surface area contributed by atoms with Crippen LogP contribution in [0.1, 0.15) is 25.0 Å². The molecule has 0 fully saturated rings. The summed E-state index contributed by atoms with van der Waals surface area (Å²) in [6.45, 7) is 4.28. The molecular formula is C20H17F4NO2. The quantitative estimate of drug-likeness (QED) is 0.452. The van der Waals surface area contributed by atoms with Crippen molar-refractivity contribution in [2.24, 2.45) is 0 Å². The zero-order chi connectivity index (χ0) is 19.8. The highest BCUT2D eigenvalue weighted by Crippen LogP contribution is 2.35. The highest BCUT2D eigenvalue weighted by Gasteiger charge is 2.34. The van der Waals surface area contributed by atoms with Crippen LogP contribution in [0.3, 0.4) is 0 Å². The van der Waals surface area contributed by atoms with Crippen molar-refractivity contribution in [1.82, 2.24) is 0 Å². The molecule has 0 saturated carbocycles. The van der Waals surface area contributed by atoms with Gasteiger partial charge in [0.25, 0.3) is 0 Å². The molecule has 3 nitrogen and oxygen atoms in total. The first-order valence-corrected chi connectivity index (χ1v) is 8.31. The minimum Gasteiger partial charge on any atom is -0.423 e. The lowest BCUT2D eigenvalue weighted by Gasteiger charge is -2.29. The molecule has 0 unspecified atom stereocenters. The maximum absolute atomic E-state index is 13.2. The number of nitrogens with zero attached hydrogens (tertiary/aromatic N) is 1. The average Bonchev–Trinajstić information content (AvgIpc) is 2.58. The van der Waals surface area contributed by atoms with Crippen molar-refractivity contribution in [3.63, 3.8) is 0 Å². The van der Waals surface area contributed by atoms with Crippen molar-refractivity contribution in [1.29, 1.82) is 0 Å². The number of anilines is 1. The first-order chi connectivity index (χ1) is 12.6. The SMILES string of the molecule is CC(C)N(Cc1ccc(F)cc1)c1ccc2c(C(F)(F)F)cc(=O)oc2c1. The van der Waals surface area contributed by atoms with Gasteiger partial charge in [0, 0.05) is 35.8 Å². The molecule has 27 heavy (non-hydrogen) atoms. The van der Waals surface area contributed by atoms with Gasteiger partial charge in [0.1, 0.15) is 11.4 Å². The maximum Gasteiger partial charge on any atom is 0.417 e. The molecule has 0 atom stereocenters. The Bertz CT molecular complexity index is 1010. The Hall–Kier alpha value is -2.83. The third kappa shape index (κ3) is 4.13. The van der Waals surface area contributed by atoms with Crippen molar-refractivity contribution >= 4 is 16.7 Å². The van der Waals surface area contributed by atoms with E-state index in [4.69, 9.17) is 4.42 Å². The van der Waals surface area contributed by atoms with Crippen LogP contribution in [0.4, 0.5) is 23.2 Å². The zero-order valence-corrected chi connectivity index (χ0v) is 14.7. The van der Waals surface area contributed by atoms with Gasteiger partial charge in [-0.25, -0.2) is 9.18 Å². The Kier molecular flexibility index (Phi) is 4.95. The summed E-state index contributed by atoms with van der Waals surface area (Å²) >= 11 is 0. The third-order valence-corrected chi connectivity index (χ3v) is 4.25. The van der Waals surface area contributed by atoms with Crippen molar-refractivity contribution in [2.75, 3.05) is 4.90 Å². The predicted molar refractivity (Wildman–Crippen MR) is 95.2 cm³/mol. The lowest BCUT2D eigenvalue weighted by molar-refractivity contribution is -0.136. The second-order valence-electron chi connectivity index (χ2n) is 6.51. The lowest BCUT2D eigenvalue weighted by Crippen LogP contribution is -2.30. The topological polar surface area (TPSA) is 33.5 Å². The molecule has 0 spiro atoms. The molecule has 0 saturated heterocycles. The fourth-order valence-electron chi connectivity index (χ4n) is 2.92. The van der Waals surface area contributed by atoms with E-state index in [1.807, 2.05) is 18.7 Å². The van der Waals surface area contributed by atoms with Gasteiger partial charge in [0.2, 0.25) is 0 Å². The van der Waals surface area contributed by atoms with Crippen LogP contribution >= 0.6 is 0 Å². The molecule has 2 aromatic carbocycles. The van der Waals surface area contributed by atoms with Gasteiger partial charge in [-0.2, -0.15) is 13.2 Å². The van der Waals surface area contributed by atoms with Gasteiger partial charge in [0.05, 0.1) is 5.56 Å². The number of alkyl halides is 3. The van der Waals surface area contributed by atoms with Crippen molar-refractivity contribution < 1.29 is 22.0 Å². The van der Waals surface area contributed by atoms with E-state index in [0.717, 1.165) is 5.56 Å². The number of fused-ring (bicyclic) bond motifs is 1. The monoisotopic (exact) mass is 379 g/mol. The molecule has 142 valence electrons. The van der Waals surface area contributed by atoms with Crippen molar-refractivity contribution in [2.45, 2.75) is 32.6 Å². The van der Waals surface area contributed by atoms with Gasteiger partial charge in [-0.1, -0.05) is 12.1 Å². The van der Waals surface area contributed by atoms with Crippen LogP contribution in [0.15, 0.2) is 57.7 Å². The summed E-state index contributed by atoms with van der Waals surface area (Å²) in [7, 11) is 0. The van der Waals surface area contributed by atoms with Crippen molar-refractivity contribution in [3.8, 4) is 0 Å². The first kappa shape index (κ1) is 18.9. The summed E-state index contributed by atoms with van der Waals surface area (Å²) in [5, 5.41) is -0.170. The lowest BCUT2D eigenvalue weighted by atomic mass is 10.1. The molecule has 0 N–H and O–H groups in total. The van der Waals surface area contributed by atoms with E-state index < -0.39 is 17.4 Å². The minimum atomic E-state index is -4.65. The number of rotatable bonds is 4. The molecule has 0 amide bonds. The molecule has 1 heterocycles. The molecule has 7 heteroatoms. The van der Waals surface area contributed by atoms with Gasteiger partial charge in [-0.05, 0) is 43.7 Å². The molecule has 1 aromatic heterocycles. The molecule has 3 aromatic rings. The van der Waals surface area contributed by atoms with E-state index in [-0.39, 0.29) is 22.8 Å². The number of hydrogen-bond acceptors (Lipinski definition) is 3. The molecule has 0 aliphatic rings. The minimum absolute atomic E-state index is 0.00465. The van der Waals surface area contributed by atoms with Crippen LogP contribution in [0.2, 0.25) is 0 Å². The third-order valence-electron chi connectivity index (χ3n) is 4.25. The summed E-state index contributed by atoms with van der Waals surface area (Å²) in [6.07, 6.45) is -4.65. The van der Waals surface area contributed by atoms with Crippen molar-refractivity contribution in [3.05, 3.63) is 75.9 Å². The molecule has 0 radical (unpaired) electrons. The van der Waals surface area contributed by atoms with Gasteiger partial charge < -0.3 is 9.32 Å². The standard InChI is InChI=1S/C20H17F4NO2/c1-12(2)25(11-13-3-5-14(21)6-4-13)15-7-8-16-17(20(22,23)24)10-19(26)27-18(16)9-15/h3-10,12H,11H2,1-2H3. The number of halogens is 4. The van der Waals surface area contributed by atoms with Gasteiger partial charge in [-0.3, -0.25) is 0 Å². The Morgan fingerprint density at radius 2 is 1.70 bits per heavy atom. The molecule has 0 bridgehead atoms. The van der Waals surface area contributed by atoms with Crippen LogP contribution in [0.5, 0.6) is 0 Å². The number of benzene rings is 2. The largest absolute Gasteiger partial charge is 0.423 e. The zero-order valence-electron chi connectivity index (χ0n) is 14.7. The van der Waals surface area contributed by atoms with E-state index in [0.29, 0.717) is 18.3 Å². The second kappa shape index (κ2) is 7.06.